The standard InChI is InChI=1S/C17H29NO/c1-6-8-9-18-15(7-2)17(19)16-13(4)10-12(3)11-14(16)5/h10-11,15,17-19H,6-9H2,1-5H3. The summed E-state index contributed by atoms with van der Waals surface area (Å²) in [6.45, 7) is 11.6. The monoisotopic (exact) mass is 263 g/mol. The SMILES string of the molecule is CCCCNC(CC)C(O)c1c(C)cc(C)cc1C. The molecule has 2 N–H and O–H groups in total. The molecule has 0 amide bonds. The quantitative estimate of drug-likeness (QED) is 0.733. The number of aryl methyl sites for hydroxylation is 3. The van der Waals surface area contributed by atoms with Crippen LogP contribution in [0.15, 0.2) is 12.1 Å². The Morgan fingerprint density at radius 3 is 2.16 bits per heavy atom. The van der Waals surface area contributed by atoms with Crippen LogP contribution in [0.5, 0.6) is 0 Å². The van der Waals surface area contributed by atoms with Crippen LogP contribution in [-0.2, 0) is 0 Å². The molecule has 2 nitrogen and oxygen atoms in total. The molecular weight excluding hydrogens is 234 g/mol. The van der Waals surface area contributed by atoms with E-state index in [4.69, 9.17) is 0 Å². The highest BCUT2D eigenvalue weighted by atomic mass is 16.3. The molecular formula is C17H29NO. The lowest BCUT2D eigenvalue weighted by atomic mass is 9.91. The van der Waals surface area contributed by atoms with Gasteiger partial charge < -0.3 is 10.4 Å². The largest absolute Gasteiger partial charge is 0.387 e. The summed E-state index contributed by atoms with van der Waals surface area (Å²) in [6, 6.07) is 4.46. The van der Waals surface area contributed by atoms with Crippen molar-refractivity contribution < 1.29 is 5.11 Å². The van der Waals surface area contributed by atoms with Crippen LogP contribution in [-0.4, -0.2) is 17.7 Å². The molecule has 108 valence electrons. The average Bonchev–Trinajstić information content (AvgIpc) is 2.33. The van der Waals surface area contributed by atoms with Gasteiger partial charge in [0.1, 0.15) is 0 Å². The van der Waals surface area contributed by atoms with Crippen LogP contribution in [0.4, 0.5) is 0 Å². The Labute approximate surface area is 118 Å². The highest BCUT2D eigenvalue weighted by molar-refractivity contribution is 5.39. The Bertz CT molecular complexity index is 377. The lowest BCUT2D eigenvalue weighted by Crippen LogP contribution is -2.35. The van der Waals surface area contributed by atoms with Crippen molar-refractivity contribution in [1.29, 1.82) is 0 Å². The van der Waals surface area contributed by atoms with Crippen molar-refractivity contribution in [2.45, 2.75) is 66.0 Å². The van der Waals surface area contributed by atoms with Crippen LogP contribution >= 0.6 is 0 Å². The van der Waals surface area contributed by atoms with Gasteiger partial charge in [-0.25, -0.2) is 0 Å². The minimum absolute atomic E-state index is 0.145. The minimum Gasteiger partial charge on any atom is -0.387 e. The zero-order valence-corrected chi connectivity index (χ0v) is 13.1. The van der Waals surface area contributed by atoms with Crippen molar-refractivity contribution in [3.05, 3.63) is 34.4 Å². The summed E-state index contributed by atoms with van der Waals surface area (Å²) in [7, 11) is 0. The first kappa shape index (κ1) is 16.2. The Kier molecular flexibility index (Phi) is 6.53. The molecule has 0 saturated heterocycles. The van der Waals surface area contributed by atoms with E-state index in [2.05, 4.69) is 52.1 Å². The summed E-state index contributed by atoms with van der Waals surface area (Å²) >= 11 is 0. The van der Waals surface area contributed by atoms with Crippen LogP contribution in [0.3, 0.4) is 0 Å². The molecule has 1 aromatic rings. The number of aliphatic hydroxyl groups excluding tert-OH is 1. The third-order valence-electron chi connectivity index (χ3n) is 3.79. The van der Waals surface area contributed by atoms with Crippen molar-refractivity contribution in [2.75, 3.05) is 6.54 Å². The molecule has 0 heterocycles. The molecule has 19 heavy (non-hydrogen) atoms. The third-order valence-corrected chi connectivity index (χ3v) is 3.79. The number of rotatable bonds is 7. The maximum Gasteiger partial charge on any atom is 0.0947 e. The number of benzene rings is 1. The normalized spacial score (nSPS) is 14.4. The van der Waals surface area contributed by atoms with Gasteiger partial charge in [-0.15, -0.1) is 0 Å². The summed E-state index contributed by atoms with van der Waals surface area (Å²) in [5, 5.41) is 14.2. The molecule has 1 aromatic carbocycles. The van der Waals surface area contributed by atoms with Crippen LogP contribution in [0, 0.1) is 20.8 Å². The Hall–Kier alpha value is -0.860. The average molecular weight is 263 g/mol. The van der Waals surface area contributed by atoms with Crippen LogP contribution in [0.25, 0.3) is 0 Å². The number of nitrogens with one attached hydrogen (secondary N) is 1. The molecule has 2 heteroatoms. The Balaban J connectivity index is 2.88. The van der Waals surface area contributed by atoms with Crippen molar-refractivity contribution in [3.63, 3.8) is 0 Å². The van der Waals surface area contributed by atoms with Gasteiger partial charge in [-0.05, 0) is 56.8 Å². The summed E-state index contributed by atoms with van der Waals surface area (Å²) < 4.78 is 0. The van der Waals surface area contributed by atoms with Gasteiger partial charge >= 0.3 is 0 Å². The summed E-state index contributed by atoms with van der Waals surface area (Å²) in [5.41, 5.74) is 4.75. The van der Waals surface area contributed by atoms with Gasteiger partial charge in [0.15, 0.2) is 0 Å². The van der Waals surface area contributed by atoms with Crippen LogP contribution < -0.4 is 5.32 Å². The van der Waals surface area contributed by atoms with Crippen molar-refractivity contribution in [1.82, 2.24) is 5.32 Å². The number of unbranched alkanes of at least 4 members (excludes halogenated alkanes) is 1. The van der Waals surface area contributed by atoms with Crippen molar-refractivity contribution in [3.8, 4) is 0 Å². The van der Waals surface area contributed by atoms with E-state index >= 15 is 0 Å². The number of hydrogen-bond acceptors (Lipinski definition) is 2. The first-order valence-corrected chi connectivity index (χ1v) is 7.50. The van der Waals surface area contributed by atoms with Gasteiger partial charge in [-0.3, -0.25) is 0 Å². The fraction of sp³-hybridized carbons (Fsp3) is 0.647. The minimum atomic E-state index is -0.414. The van der Waals surface area contributed by atoms with Gasteiger partial charge in [-0.1, -0.05) is 38.0 Å². The van der Waals surface area contributed by atoms with E-state index in [1.165, 1.54) is 23.1 Å². The van der Waals surface area contributed by atoms with Crippen LogP contribution in [0.1, 0.15) is 61.5 Å². The molecule has 0 radical (unpaired) electrons. The lowest BCUT2D eigenvalue weighted by Gasteiger charge is -2.26. The number of aliphatic hydroxyl groups is 1. The molecule has 1 rings (SSSR count). The number of hydrogen-bond donors (Lipinski definition) is 2. The molecule has 0 saturated carbocycles. The van der Waals surface area contributed by atoms with Gasteiger partial charge in [0, 0.05) is 6.04 Å². The van der Waals surface area contributed by atoms with E-state index in [-0.39, 0.29) is 6.04 Å². The summed E-state index contributed by atoms with van der Waals surface area (Å²) in [6.07, 6.45) is 2.87. The molecule has 0 aliphatic carbocycles. The van der Waals surface area contributed by atoms with Crippen LogP contribution in [0.2, 0.25) is 0 Å². The molecule has 0 spiro atoms. The highest BCUT2D eigenvalue weighted by Crippen LogP contribution is 2.27. The predicted octanol–water partition coefficient (Wildman–Crippen LogP) is 3.81. The van der Waals surface area contributed by atoms with E-state index in [1.807, 2.05) is 0 Å². The molecule has 2 atom stereocenters. The lowest BCUT2D eigenvalue weighted by molar-refractivity contribution is 0.124. The second-order valence-electron chi connectivity index (χ2n) is 5.58. The molecule has 0 aliphatic heterocycles. The Morgan fingerprint density at radius 1 is 1.11 bits per heavy atom. The van der Waals surface area contributed by atoms with Gasteiger partial charge in [-0.2, -0.15) is 0 Å². The van der Waals surface area contributed by atoms with Gasteiger partial charge in [0.25, 0.3) is 0 Å². The maximum atomic E-state index is 10.7. The molecule has 0 aliphatic rings. The third kappa shape index (κ3) is 4.32. The second kappa shape index (κ2) is 7.66. The zero-order valence-electron chi connectivity index (χ0n) is 13.1. The summed E-state index contributed by atoms with van der Waals surface area (Å²) in [4.78, 5) is 0. The molecule has 0 fully saturated rings. The second-order valence-corrected chi connectivity index (χ2v) is 5.58. The zero-order chi connectivity index (χ0) is 14.4. The Morgan fingerprint density at radius 2 is 1.68 bits per heavy atom. The van der Waals surface area contributed by atoms with Gasteiger partial charge in [0.05, 0.1) is 6.10 Å². The fourth-order valence-corrected chi connectivity index (χ4v) is 2.80. The van der Waals surface area contributed by atoms with E-state index in [9.17, 15) is 5.11 Å². The van der Waals surface area contributed by atoms with Crippen molar-refractivity contribution >= 4 is 0 Å². The summed E-state index contributed by atoms with van der Waals surface area (Å²) in [5.74, 6) is 0. The molecule has 2 unspecified atom stereocenters. The first-order chi connectivity index (χ1) is 9.01. The van der Waals surface area contributed by atoms with E-state index in [1.54, 1.807) is 0 Å². The predicted molar refractivity (Wildman–Crippen MR) is 82.6 cm³/mol. The van der Waals surface area contributed by atoms with Gasteiger partial charge in [0.2, 0.25) is 0 Å². The smallest absolute Gasteiger partial charge is 0.0947 e. The van der Waals surface area contributed by atoms with E-state index < -0.39 is 6.10 Å². The highest BCUT2D eigenvalue weighted by Gasteiger charge is 2.21. The van der Waals surface area contributed by atoms with E-state index in [0.717, 1.165) is 24.9 Å². The topological polar surface area (TPSA) is 32.3 Å². The maximum absolute atomic E-state index is 10.7. The first-order valence-electron chi connectivity index (χ1n) is 7.50. The fourth-order valence-electron chi connectivity index (χ4n) is 2.80. The van der Waals surface area contributed by atoms with E-state index in [0.29, 0.717) is 0 Å². The molecule has 0 aromatic heterocycles. The van der Waals surface area contributed by atoms with Crippen molar-refractivity contribution in [2.24, 2.45) is 0 Å². The molecule has 0 bridgehead atoms.